The van der Waals surface area contributed by atoms with E-state index >= 15 is 0 Å². The Balaban J connectivity index is 1.65. The standard InChI is InChI=1S/C19H21N5O2/c1-13(2)19(26)23-7-8-24-16(12-23)9-15(22-24)11-21-18(25)17-6-4-3-5-14(17)10-20/h3-6,9,13H,7-8,11-12H2,1-2H3,(H,21,25). The van der Waals surface area contributed by atoms with Gasteiger partial charge in [0.15, 0.2) is 0 Å². The number of hydrogen-bond donors (Lipinski definition) is 1. The fourth-order valence-corrected chi connectivity index (χ4v) is 3.01. The summed E-state index contributed by atoms with van der Waals surface area (Å²) in [6.07, 6.45) is 0. The molecule has 0 spiro atoms. The normalized spacial score (nSPS) is 13.2. The van der Waals surface area contributed by atoms with Gasteiger partial charge in [-0.15, -0.1) is 0 Å². The molecule has 0 saturated carbocycles. The number of nitrogens with zero attached hydrogens (tertiary/aromatic N) is 4. The van der Waals surface area contributed by atoms with Gasteiger partial charge in [0.1, 0.15) is 0 Å². The van der Waals surface area contributed by atoms with Crippen molar-refractivity contribution in [2.24, 2.45) is 5.92 Å². The quantitative estimate of drug-likeness (QED) is 0.907. The second-order valence-corrected chi connectivity index (χ2v) is 6.60. The highest BCUT2D eigenvalue weighted by Gasteiger charge is 2.24. The number of hydrogen-bond acceptors (Lipinski definition) is 4. The smallest absolute Gasteiger partial charge is 0.252 e. The van der Waals surface area contributed by atoms with Crippen molar-refractivity contribution < 1.29 is 9.59 Å². The predicted molar refractivity (Wildman–Crippen MR) is 94.8 cm³/mol. The molecule has 0 atom stereocenters. The minimum atomic E-state index is -0.301. The largest absolute Gasteiger partial charge is 0.346 e. The average Bonchev–Trinajstić information content (AvgIpc) is 3.07. The molecule has 1 N–H and O–H groups in total. The molecule has 2 amide bonds. The van der Waals surface area contributed by atoms with E-state index in [1.807, 2.05) is 35.6 Å². The van der Waals surface area contributed by atoms with Crippen molar-refractivity contribution >= 4 is 11.8 Å². The first-order valence-electron chi connectivity index (χ1n) is 8.61. The molecule has 1 aliphatic heterocycles. The summed E-state index contributed by atoms with van der Waals surface area (Å²) in [7, 11) is 0. The van der Waals surface area contributed by atoms with Crippen molar-refractivity contribution in [3.8, 4) is 6.07 Å². The molecule has 1 aromatic heterocycles. The number of fused-ring (bicyclic) bond motifs is 1. The van der Waals surface area contributed by atoms with Crippen LogP contribution in [0.25, 0.3) is 0 Å². The summed E-state index contributed by atoms with van der Waals surface area (Å²) in [6.45, 7) is 5.90. The van der Waals surface area contributed by atoms with Gasteiger partial charge >= 0.3 is 0 Å². The van der Waals surface area contributed by atoms with Gasteiger partial charge < -0.3 is 10.2 Å². The molecule has 0 bridgehead atoms. The van der Waals surface area contributed by atoms with Gasteiger partial charge in [0.2, 0.25) is 5.91 Å². The molecule has 0 aliphatic carbocycles. The predicted octanol–water partition coefficient (Wildman–Crippen LogP) is 1.68. The topological polar surface area (TPSA) is 91.0 Å². The summed E-state index contributed by atoms with van der Waals surface area (Å²) < 4.78 is 1.88. The maximum atomic E-state index is 12.3. The number of rotatable bonds is 4. The van der Waals surface area contributed by atoms with E-state index in [0.717, 1.165) is 11.4 Å². The van der Waals surface area contributed by atoms with Crippen LogP contribution in [0.15, 0.2) is 30.3 Å². The van der Waals surface area contributed by atoms with E-state index in [0.29, 0.717) is 30.8 Å². The van der Waals surface area contributed by atoms with Crippen LogP contribution in [-0.4, -0.2) is 33.0 Å². The zero-order valence-corrected chi connectivity index (χ0v) is 14.9. The maximum Gasteiger partial charge on any atom is 0.252 e. The van der Waals surface area contributed by atoms with E-state index < -0.39 is 0 Å². The van der Waals surface area contributed by atoms with Crippen molar-refractivity contribution in [2.75, 3.05) is 6.54 Å². The Morgan fingerprint density at radius 3 is 2.81 bits per heavy atom. The summed E-state index contributed by atoms with van der Waals surface area (Å²) in [6, 6.07) is 10.6. The molecule has 0 saturated heterocycles. The SMILES string of the molecule is CC(C)C(=O)N1CCn2nc(CNC(=O)c3ccccc3C#N)cc2C1. The van der Waals surface area contributed by atoms with Crippen LogP contribution >= 0.6 is 0 Å². The van der Waals surface area contributed by atoms with E-state index in [-0.39, 0.29) is 24.3 Å². The Kier molecular flexibility index (Phi) is 5.03. The van der Waals surface area contributed by atoms with Gasteiger partial charge in [-0.3, -0.25) is 14.3 Å². The minimum Gasteiger partial charge on any atom is -0.346 e. The van der Waals surface area contributed by atoms with Crippen LogP contribution in [0.3, 0.4) is 0 Å². The monoisotopic (exact) mass is 351 g/mol. The Bertz CT molecular complexity index is 878. The molecule has 7 nitrogen and oxygen atoms in total. The molecule has 134 valence electrons. The van der Waals surface area contributed by atoms with Gasteiger partial charge in [0.05, 0.1) is 48.2 Å². The van der Waals surface area contributed by atoms with E-state index in [4.69, 9.17) is 5.26 Å². The molecule has 0 fully saturated rings. The minimum absolute atomic E-state index is 0.0246. The average molecular weight is 351 g/mol. The van der Waals surface area contributed by atoms with Crippen molar-refractivity contribution in [2.45, 2.75) is 33.5 Å². The highest BCUT2D eigenvalue weighted by Crippen LogP contribution is 2.16. The third-order valence-electron chi connectivity index (χ3n) is 4.38. The molecule has 1 aromatic carbocycles. The second kappa shape index (κ2) is 7.40. The highest BCUT2D eigenvalue weighted by atomic mass is 16.2. The van der Waals surface area contributed by atoms with Gasteiger partial charge in [0, 0.05) is 12.5 Å². The first kappa shape index (κ1) is 17.7. The summed E-state index contributed by atoms with van der Waals surface area (Å²) >= 11 is 0. The Hall–Kier alpha value is -3.14. The van der Waals surface area contributed by atoms with Crippen molar-refractivity contribution in [3.63, 3.8) is 0 Å². The third-order valence-corrected chi connectivity index (χ3v) is 4.38. The van der Waals surface area contributed by atoms with E-state index in [1.165, 1.54) is 0 Å². The van der Waals surface area contributed by atoms with Crippen LogP contribution < -0.4 is 5.32 Å². The number of nitrogens with one attached hydrogen (secondary N) is 1. The Morgan fingerprint density at radius 2 is 2.08 bits per heavy atom. The first-order valence-corrected chi connectivity index (χ1v) is 8.61. The van der Waals surface area contributed by atoms with Gasteiger partial charge in [-0.25, -0.2) is 0 Å². The van der Waals surface area contributed by atoms with Crippen molar-refractivity contribution in [3.05, 3.63) is 52.8 Å². The number of carbonyl (C=O) groups excluding carboxylic acids is 2. The summed E-state index contributed by atoms with van der Waals surface area (Å²) in [4.78, 5) is 26.3. The molecule has 26 heavy (non-hydrogen) atoms. The third kappa shape index (κ3) is 3.59. The molecular weight excluding hydrogens is 330 g/mol. The van der Waals surface area contributed by atoms with Crippen LogP contribution in [0.4, 0.5) is 0 Å². The summed E-state index contributed by atoms with van der Waals surface area (Å²) in [5, 5.41) is 16.4. The van der Waals surface area contributed by atoms with Crippen LogP contribution in [-0.2, 0) is 24.4 Å². The lowest BCUT2D eigenvalue weighted by molar-refractivity contribution is -0.136. The molecule has 7 heteroatoms. The molecular formula is C19H21N5O2. The van der Waals surface area contributed by atoms with Gasteiger partial charge in [0.25, 0.3) is 5.91 Å². The molecule has 2 aromatic rings. The lowest BCUT2D eigenvalue weighted by atomic mass is 10.1. The van der Waals surface area contributed by atoms with Gasteiger partial charge in [-0.05, 0) is 18.2 Å². The number of nitriles is 1. The van der Waals surface area contributed by atoms with Crippen LogP contribution in [0.2, 0.25) is 0 Å². The van der Waals surface area contributed by atoms with Crippen LogP contribution in [0.1, 0.15) is 41.2 Å². The Morgan fingerprint density at radius 1 is 1.31 bits per heavy atom. The van der Waals surface area contributed by atoms with Crippen molar-refractivity contribution in [1.82, 2.24) is 20.0 Å². The second-order valence-electron chi connectivity index (χ2n) is 6.60. The number of aromatic nitrogens is 2. The molecule has 3 rings (SSSR count). The molecule has 1 aliphatic rings. The van der Waals surface area contributed by atoms with Gasteiger partial charge in [-0.1, -0.05) is 26.0 Å². The van der Waals surface area contributed by atoms with E-state index in [2.05, 4.69) is 10.4 Å². The molecule has 2 heterocycles. The highest BCUT2D eigenvalue weighted by molar-refractivity contribution is 5.96. The molecule has 0 unspecified atom stereocenters. The van der Waals surface area contributed by atoms with Crippen LogP contribution in [0.5, 0.6) is 0 Å². The zero-order valence-electron chi connectivity index (χ0n) is 14.9. The number of carbonyl (C=O) groups is 2. The Labute approximate surface area is 152 Å². The fourth-order valence-electron chi connectivity index (χ4n) is 3.01. The lowest BCUT2D eigenvalue weighted by Gasteiger charge is -2.29. The fraction of sp³-hybridized carbons (Fsp3) is 0.368. The lowest BCUT2D eigenvalue weighted by Crippen LogP contribution is -2.40. The van der Waals surface area contributed by atoms with Crippen molar-refractivity contribution in [1.29, 1.82) is 5.26 Å². The van der Waals surface area contributed by atoms with Crippen LogP contribution in [0, 0.1) is 17.2 Å². The maximum absolute atomic E-state index is 12.3. The summed E-state index contributed by atoms with van der Waals surface area (Å²) in [5.74, 6) is -0.187. The summed E-state index contributed by atoms with van der Waals surface area (Å²) in [5.41, 5.74) is 2.40. The first-order chi connectivity index (χ1) is 12.5. The van der Waals surface area contributed by atoms with E-state index in [1.54, 1.807) is 24.3 Å². The van der Waals surface area contributed by atoms with Gasteiger partial charge in [-0.2, -0.15) is 10.4 Å². The number of benzene rings is 1. The zero-order chi connectivity index (χ0) is 18.7. The molecule has 0 radical (unpaired) electrons. The van der Waals surface area contributed by atoms with E-state index in [9.17, 15) is 9.59 Å². The number of amides is 2.